The Morgan fingerprint density at radius 3 is 2.31 bits per heavy atom. The fourth-order valence-corrected chi connectivity index (χ4v) is 4.50. The van der Waals surface area contributed by atoms with Gasteiger partial charge in [0, 0.05) is 39.3 Å². The van der Waals surface area contributed by atoms with Gasteiger partial charge in [0.25, 0.3) is 0 Å². The average molecular weight is 538 g/mol. The summed E-state index contributed by atoms with van der Waals surface area (Å²) in [4.78, 5) is 16.6. The number of amides is 1. The van der Waals surface area contributed by atoms with Gasteiger partial charge in [0.05, 0.1) is 7.11 Å². The van der Waals surface area contributed by atoms with Gasteiger partial charge in [0.1, 0.15) is 18.5 Å². The quantitative estimate of drug-likeness (QED) is 0.380. The van der Waals surface area contributed by atoms with Crippen LogP contribution in [0.15, 0.2) is 72.8 Å². The molecule has 0 bridgehead atoms. The van der Waals surface area contributed by atoms with E-state index in [1.807, 2.05) is 36.4 Å². The van der Waals surface area contributed by atoms with E-state index in [-0.39, 0.29) is 19.0 Å². The van der Waals surface area contributed by atoms with Crippen LogP contribution in [0.2, 0.25) is 0 Å². The Morgan fingerprint density at radius 1 is 0.949 bits per heavy atom. The monoisotopic (exact) mass is 537 g/mol. The highest BCUT2D eigenvalue weighted by atomic mass is 19.1. The molecule has 208 valence electrons. The zero-order valence-electron chi connectivity index (χ0n) is 22.4. The Bertz CT molecular complexity index is 1180. The number of alkyl carbamates (subject to hydrolysis) is 1. The molecule has 0 aliphatic carbocycles. The van der Waals surface area contributed by atoms with Crippen molar-refractivity contribution in [2.75, 3.05) is 33.3 Å². The van der Waals surface area contributed by atoms with Crippen molar-refractivity contribution < 1.29 is 28.5 Å². The van der Waals surface area contributed by atoms with Gasteiger partial charge in [-0.05, 0) is 47.9 Å². The molecule has 2 unspecified atom stereocenters. The van der Waals surface area contributed by atoms with Crippen molar-refractivity contribution in [3.63, 3.8) is 0 Å². The highest BCUT2D eigenvalue weighted by molar-refractivity contribution is 5.67. The first kappa shape index (κ1) is 28.4. The number of nitrogens with one attached hydrogen (secondary N) is 1. The van der Waals surface area contributed by atoms with Gasteiger partial charge in [-0.15, -0.1) is 0 Å². The number of hydrogen-bond donors (Lipinski definition) is 2. The molecule has 0 spiro atoms. The van der Waals surface area contributed by atoms with Gasteiger partial charge in [-0.3, -0.25) is 9.80 Å². The predicted octanol–water partition coefficient (Wildman–Crippen LogP) is 4.16. The Labute approximate surface area is 228 Å². The maximum Gasteiger partial charge on any atom is 0.407 e. The number of nitrogens with zero attached hydrogens (tertiary/aromatic N) is 2. The predicted molar refractivity (Wildman–Crippen MR) is 146 cm³/mol. The molecule has 1 heterocycles. The largest absolute Gasteiger partial charge is 0.493 e. The van der Waals surface area contributed by atoms with Crippen LogP contribution < -0.4 is 14.8 Å². The van der Waals surface area contributed by atoms with Crippen LogP contribution in [0, 0.1) is 5.82 Å². The lowest BCUT2D eigenvalue weighted by atomic mass is 10.1. The van der Waals surface area contributed by atoms with E-state index in [9.17, 15) is 14.3 Å². The minimum Gasteiger partial charge on any atom is -0.493 e. The van der Waals surface area contributed by atoms with Crippen molar-refractivity contribution in [2.45, 2.75) is 39.0 Å². The molecule has 4 rings (SSSR count). The fraction of sp³-hybridized carbons (Fsp3) is 0.367. The average Bonchev–Trinajstić information content (AvgIpc) is 2.96. The lowest BCUT2D eigenvalue weighted by Crippen LogP contribution is -2.55. The number of halogens is 1. The summed E-state index contributed by atoms with van der Waals surface area (Å²) in [6.07, 6.45) is -1.85. The molecule has 0 saturated carbocycles. The zero-order valence-corrected chi connectivity index (χ0v) is 22.4. The molecule has 2 atom stereocenters. The molecule has 3 aromatic carbocycles. The van der Waals surface area contributed by atoms with Crippen molar-refractivity contribution in [3.05, 3.63) is 95.3 Å². The van der Waals surface area contributed by atoms with E-state index in [1.165, 1.54) is 12.1 Å². The van der Waals surface area contributed by atoms with Crippen LogP contribution in [0.5, 0.6) is 11.5 Å². The third-order valence-electron chi connectivity index (χ3n) is 6.62. The number of piperazine rings is 1. The minimum absolute atomic E-state index is 0.191. The van der Waals surface area contributed by atoms with Crippen molar-refractivity contribution in [3.8, 4) is 11.5 Å². The SMILES string of the molecule is COc1ccc(CNC(=O)OCc2ccccc2)cc1OC(C(C)O)N1CCN(Cc2ccc(F)cc2)CC1. The van der Waals surface area contributed by atoms with Crippen molar-refractivity contribution in [2.24, 2.45) is 0 Å². The van der Waals surface area contributed by atoms with Crippen LogP contribution in [0.3, 0.4) is 0 Å². The van der Waals surface area contributed by atoms with Gasteiger partial charge in [-0.2, -0.15) is 0 Å². The topological polar surface area (TPSA) is 83.5 Å². The normalized spacial score (nSPS) is 15.8. The van der Waals surface area contributed by atoms with E-state index in [2.05, 4.69) is 15.1 Å². The van der Waals surface area contributed by atoms with E-state index >= 15 is 0 Å². The first-order valence-corrected chi connectivity index (χ1v) is 13.1. The van der Waals surface area contributed by atoms with Crippen LogP contribution >= 0.6 is 0 Å². The van der Waals surface area contributed by atoms with Gasteiger partial charge >= 0.3 is 6.09 Å². The van der Waals surface area contributed by atoms with Gasteiger partial charge in [-0.25, -0.2) is 9.18 Å². The number of aliphatic hydroxyl groups excluding tert-OH is 1. The molecule has 1 fully saturated rings. The summed E-state index contributed by atoms with van der Waals surface area (Å²) in [6, 6.07) is 21.5. The number of aliphatic hydroxyl groups is 1. The second-order valence-corrected chi connectivity index (χ2v) is 9.59. The molecular weight excluding hydrogens is 501 g/mol. The van der Waals surface area contributed by atoms with E-state index in [0.717, 1.165) is 36.3 Å². The summed E-state index contributed by atoms with van der Waals surface area (Å²) in [5.74, 6) is 0.777. The number of benzene rings is 3. The van der Waals surface area contributed by atoms with Gasteiger partial charge in [0.2, 0.25) is 0 Å². The smallest absolute Gasteiger partial charge is 0.407 e. The molecular formula is C30H36FN3O5. The van der Waals surface area contributed by atoms with Gasteiger partial charge in [0.15, 0.2) is 17.7 Å². The maximum absolute atomic E-state index is 13.2. The first-order valence-electron chi connectivity index (χ1n) is 13.1. The lowest BCUT2D eigenvalue weighted by molar-refractivity contribution is -0.0759. The molecule has 1 amide bonds. The molecule has 8 nitrogen and oxygen atoms in total. The zero-order chi connectivity index (χ0) is 27.6. The van der Waals surface area contributed by atoms with E-state index < -0.39 is 18.4 Å². The van der Waals surface area contributed by atoms with Crippen LogP contribution in [0.1, 0.15) is 23.6 Å². The van der Waals surface area contributed by atoms with Gasteiger partial charge < -0.3 is 24.6 Å². The molecule has 2 N–H and O–H groups in total. The number of rotatable bonds is 11. The maximum atomic E-state index is 13.2. The first-order chi connectivity index (χ1) is 18.9. The third kappa shape index (κ3) is 8.41. The minimum atomic E-state index is -0.756. The van der Waals surface area contributed by atoms with Crippen molar-refractivity contribution >= 4 is 6.09 Å². The Balaban J connectivity index is 1.32. The summed E-state index contributed by atoms with van der Waals surface area (Å²) in [7, 11) is 1.56. The van der Waals surface area contributed by atoms with Crippen LogP contribution in [-0.2, 0) is 24.4 Å². The summed E-state index contributed by atoms with van der Waals surface area (Å²) < 4.78 is 30.3. The van der Waals surface area contributed by atoms with Crippen molar-refractivity contribution in [1.82, 2.24) is 15.1 Å². The summed E-state index contributed by atoms with van der Waals surface area (Å²) in [6.45, 7) is 5.86. The molecule has 0 radical (unpaired) electrons. The van der Waals surface area contributed by atoms with Gasteiger partial charge in [-0.1, -0.05) is 48.5 Å². The van der Waals surface area contributed by atoms with Crippen LogP contribution in [-0.4, -0.2) is 66.6 Å². The number of hydrogen-bond acceptors (Lipinski definition) is 7. The molecule has 1 saturated heterocycles. The lowest BCUT2D eigenvalue weighted by Gasteiger charge is -2.40. The van der Waals surface area contributed by atoms with Crippen LogP contribution in [0.4, 0.5) is 9.18 Å². The standard InChI is InChI=1S/C30H36FN3O5/c1-22(35)29(34-16-14-33(15-17-34)20-23-8-11-26(31)12-9-23)39-28-18-25(10-13-27(28)37-2)19-32-30(36)38-21-24-6-4-3-5-7-24/h3-13,18,22,29,35H,14-17,19-21H2,1-2H3,(H,32,36). The number of carbonyl (C=O) groups is 1. The Kier molecular flexibility index (Phi) is 10.1. The highest BCUT2D eigenvalue weighted by Gasteiger charge is 2.29. The van der Waals surface area contributed by atoms with E-state index in [4.69, 9.17) is 14.2 Å². The van der Waals surface area contributed by atoms with Crippen LogP contribution in [0.25, 0.3) is 0 Å². The second-order valence-electron chi connectivity index (χ2n) is 9.59. The highest BCUT2D eigenvalue weighted by Crippen LogP contribution is 2.30. The van der Waals surface area contributed by atoms with E-state index in [0.29, 0.717) is 24.6 Å². The summed E-state index contributed by atoms with van der Waals surface area (Å²) in [5, 5.41) is 13.3. The second kappa shape index (κ2) is 13.9. The Hall–Kier alpha value is -3.66. The molecule has 1 aliphatic rings. The third-order valence-corrected chi connectivity index (χ3v) is 6.62. The molecule has 1 aliphatic heterocycles. The molecule has 9 heteroatoms. The Morgan fingerprint density at radius 2 is 1.64 bits per heavy atom. The number of carbonyl (C=O) groups excluding carboxylic acids is 1. The molecule has 39 heavy (non-hydrogen) atoms. The number of ether oxygens (including phenoxy) is 3. The number of methoxy groups -OCH3 is 1. The fourth-order valence-electron chi connectivity index (χ4n) is 4.50. The summed E-state index contributed by atoms with van der Waals surface area (Å²) >= 11 is 0. The summed E-state index contributed by atoms with van der Waals surface area (Å²) in [5.41, 5.74) is 2.77. The molecule has 3 aromatic rings. The van der Waals surface area contributed by atoms with Crippen molar-refractivity contribution in [1.29, 1.82) is 0 Å². The molecule has 0 aromatic heterocycles. The van der Waals surface area contributed by atoms with E-state index in [1.54, 1.807) is 38.3 Å².